The fourth-order valence-corrected chi connectivity index (χ4v) is 16.7. The van der Waals surface area contributed by atoms with Gasteiger partial charge in [-0.3, -0.25) is 62.0 Å². The topological polar surface area (TPSA) is 633 Å². The molecule has 0 spiro atoms. The van der Waals surface area contributed by atoms with Gasteiger partial charge in [0.05, 0.1) is 172 Å². The van der Waals surface area contributed by atoms with E-state index in [4.69, 9.17) is 123 Å². The van der Waals surface area contributed by atoms with Gasteiger partial charge in [-0.25, -0.2) is 15.0 Å². The van der Waals surface area contributed by atoms with Crippen LogP contribution in [0.25, 0.3) is 33.5 Å². The van der Waals surface area contributed by atoms with Crippen molar-refractivity contribution in [3.63, 3.8) is 0 Å². The van der Waals surface area contributed by atoms with Gasteiger partial charge in [0.2, 0.25) is 17.8 Å². The van der Waals surface area contributed by atoms with Gasteiger partial charge in [0.15, 0.2) is 33.1 Å². The van der Waals surface area contributed by atoms with Gasteiger partial charge in [0, 0.05) is 85.1 Å². The zero-order valence-corrected chi connectivity index (χ0v) is 72.2. The number of H-pyrrole nitrogens is 2. The number of rotatable bonds is 48. The van der Waals surface area contributed by atoms with E-state index in [1.165, 1.54) is 12.7 Å². The minimum absolute atomic E-state index is 0. The minimum Gasteiger partial charge on any atom is -0.395 e. The molecule has 0 aliphatic carbocycles. The summed E-state index contributed by atoms with van der Waals surface area (Å²) in [6.07, 6.45) is 5.17. The third-order valence-electron chi connectivity index (χ3n) is 14.3. The summed E-state index contributed by atoms with van der Waals surface area (Å²) >= 11 is 10.9. The van der Waals surface area contributed by atoms with Crippen LogP contribution in [0.5, 0.6) is 0 Å². The number of hydrogen-bond acceptors (Lipinski definition) is 37. The normalized spacial score (nSPS) is 11.4. The van der Waals surface area contributed by atoms with Crippen LogP contribution in [0, 0.1) is 56.7 Å². The summed E-state index contributed by atoms with van der Waals surface area (Å²) in [6, 6.07) is 9.85. The number of nitrogens with one attached hydrogen (secondary N) is 3. The van der Waals surface area contributed by atoms with E-state index < -0.39 is 49.1 Å². The molecule has 0 saturated carbocycles. The summed E-state index contributed by atoms with van der Waals surface area (Å²) in [4.78, 5) is 81.5. The first-order chi connectivity index (χ1) is 54.3. The number of aliphatic hydroxyl groups is 2. The fourth-order valence-electron chi connectivity index (χ4n) is 9.45. The average Bonchev–Trinajstić information content (AvgIpc) is 1.68. The molecule has 0 saturated heterocycles. The smallest absolute Gasteiger partial charge is 0.331 e. The van der Waals surface area contributed by atoms with Crippen molar-refractivity contribution in [1.29, 1.82) is 26.3 Å². The molecule has 0 aromatic carbocycles. The highest BCUT2D eigenvalue weighted by Gasteiger charge is 2.28. The second-order valence-corrected chi connectivity index (χ2v) is 33.5. The zero-order chi connectivity index (χ0) is 86.2. The predicted octanol–water partition coefficient (Wildman–Crippen LogP) is 5.97. The van der Waals surface area contributed by atoms with Crippen molar-refractivity contribution < 1.29 is 79.0 Å². The number of anilines is 3. The summed E-state index contributed by atoms with van der Waals surface area (Å²) in [7, 11) is -16.4. The Hall–Kier alpha value is -6.85. The summed E-state index contributed by atoms with van der Waals surface area (Å²) in [6.45, 7) is 26.6. The number of nitrogens with zero attached hydrogens (tertiary/aromatic N) is 19. The molecule has 0 bridgehead atoms. The summed E-state index contributed by atoms with van der Waals surface area (Å²) in [5.74, 6) is 0.148. The van der Waals surface area contributed by atoms with E-state index in [0.29, 0.717) is 147 Å². The van der Waals surface area contributed by atoms with E-state index in [2.05, 4.69) is 62.3 Å². The molecule has 6 rings (SSSR count). The largest absolute Gasteiger partial charge is 0.395 e. The summed E-state index contributed by atoms with van der Waals surface area (Å²) in [5.41, 5.74) is 17.9. The molecule has 0 atom stereocenters. The van der Waals surface area contributed by atoms with E-state index in [1.807, 2.05) is 35.8 Å². The Bertz CT molecular complexity index is 4270. The lowest BCUT2D eigenvalue weighted by Crippen LogP contribution is -2.31. The Morgan fingerprint density at radius 3 is 1.04 bits per heavy atom. The molecule has 0 amide bonds. The number of hydrogen-bond donors (Lipinski definition) is 10. The van der Waals surface area contributed by atoms with Crippen molar-refractivity contribution in [3.8, 4) is 30.3 Å². The Morgan fingerprint density at radius 2 is 0.757 bits per heavy atom. The monoisotopic (exact) mass is 1760 g/mol. The molecule has 13 N–H and O–H groups in total. The van der Waals surface area contributed by atoms with Gasteiger partial charge in [-0.2, -0.15) is 46.2 Å². The van der Waals surface area contributed by atoms with Gasteiger partial charge in [-0.15, -0.1) is 11.6 Å². The molecule has 6 heterocycles. The van der Waals surface area contributed by atoms with E-state index >= 15 is 0 Å². The number of nitriles is 5. The third-order valence-corrected chi connectivity index (χ3v) is 23.7. The number of halogens is 2. The van der Waals surface area contributed by atoms with Crippen molar-refractivity contribution in [2.45, 2.75) is 96.3 Å². The highest BCUT2D eigenvalue weighted by Crippen LogP contribution is 2.50. The van der Waals surface area contributed by atoms with Gasteiger partial charge >= 0.3 is 38.0 Å². The number of imidazole rings is 3. The maximum absolute atomic E-state index is 12.6. The molecule has 44 nitrogen and oxygen atoms in total. The molecule has 0 fully saturated rings. The second kappa shape index (κ2) is 62.4. The number of nitrogens with two attached hydrogens (primary N) is 3. The fraction of sp³-hybridized carbons (Fsp3) is 0.688. The van der Waals surface area contributed by atoms with Crippen molar-refractivity contribution in [2.75, 3.05) is 212 Å². The Morgan fingerprint density at radius 1 is 0.461 bits per heavy atom. The van der Waals surface area contributed by atoms with Gasteiger partial charge in [-0.1, -0.05) is 32.9 Å². The Kier molecular flexibility index (Phi) is 59.8. The Balaban J connectivity index is 0. The van der Waals surface area contributed by atoms with Crippen LogP contribution >= 0.6 is 61.2 Å². The van der Waals surface area contributed by atoms with E-state index in [-0.39, 0.29) is 131 Å². The van der Waals surface area contributed by atoms with Crippen LogP contribution in [0.1, 0.15) is 76.7 Å². The summed E-state index contributed by atoms with van der Waals surface area (Å²) in [5, 5.41) is 63.5. The first-order valence-electron chi connectivity index (χ1n) is 36.2. The molecule has 0 aliphatic heterocycles. The van der Waals surface area contributed by atoms with Gasteiger partial charge < -0.3 is 92.4 Å². The summed E-state index contributed by atoms with van der Waals surface area (Å²) < 4.78 is 107. The molecule has 0 unspecified atom stereocenters. The first kappa shape index (κ1) is 110. The molecule has 115 heavy (non-hydrogen) atoms. The van der Waals surface area contributed by atoms with Crippen molar-refractivity contribution in [1.82, 2.24) is 83.5 Å². The van der Waals surface area contributed by atoms with Crippen molar-refractivity contribution in [3.05, 3.63) is 44.8 Å². The lowest BCUT2D eigenvalue weighted by Gasteiger charge is -2.23. The lowest BCUT2D eigenvalue weighted by molar-refractivity contribution is 0.198. The molecule has 6 aromatic rings. The molecule has 6 aromatic heterocycles. The molecule has 650 valence electrons. The number of aromatic amines is 2. The first-order valence-corrected chi connectivity index (χ1v) is 45.8. The van der Waals surface area contributed by atoms with Crippen LogP contribution in [0.15, 0.2) is 28.6 Å². The van der Waals surface area contributed by atoms with Crippen molar-refractivity contribution in [2.24, 2.45) is 0 Å². The second-order valence-electron chi connectivity index (χ2n) is 22.4. The molecule has 51 heteroatoms. The number of fused-ring (bicyclic) bond motifs is 3. The van der Waals surface area contributed by atoms with Crippen LogP contribution in [-0.4, -0.2) is 293 Å². The highest BCUT2D eigenvalue weighted by molar-refractivity contribution is 7.54. The maximum Gasteiger partial charge on any atom is 0.331 e. The molecule has 0 radical (unpaired) electrons. The van der Waals surface area contributed by atoms with Crippen LogP contribution in [0.2, 0.25) is 5.15 Å². The molecular formula is C64H116Cl2N25O19P5. The van der Waals surface area contributed by atoms with Gasteiger partial charge in [-0.05, 0) is 55.4 Å². The number of aliphatic hydroxyl groups excluding tert-OH is 2. The van der Waals surface area contributed by atoms with Crippen LogP contribution in [0.4, 0.5) is 17.8 Å². The van der Waals surface area contributed by atoms with Crippen molar-refractivity contribution >= 4 is 113 Å². The number of aromatic nitrogens is 12. The minimum atomic E-state index is -4.12. The lowest BCUT2D eigenvalue weighted by atomic mass is 10.4. The number of nitrogen functional groups attached to an aromatic ring is 3. The quantitative estimate of drug-likeness (QED) is 0.00691. The van der Waals surface area contributed by atoms with Crippen LogP contribution < -0.4 is 33.6 Å². The Labute approximate surface area is 681 Å². The van der Waals surface area contributed by atoms with Crippen LogP contribution in [0.3, 0.4) is 0 Å². The average molecular weight is 1770 g/mol. The maximum atomic E-state index is 12.6. The number of alkyl halides is 1. The standard InChI is InChI=1S/C15H23ClN7O3P.C15H24N7O4P.C11H16N7O4P.C10H21N2O4P.C8H20NO4P.C2H2ClN.C2H6.CH4/c1-3-25-27(24,26-4-2)10-9-22(6-5-17)7-8-23-11-19-12-13(16)20-15(18)21-14(12)23;1-3-25-27(24,26-4-2)10-9-21(6-5-16)7-8-22-11-18-12-13(22)19-15(17)20-14(12)23;12-1-2-17(5-6-23(20,21)22)3-4-18-7-14-8-9(18)15-11(13)16-10(8)19;1-3-15-17(14,16-4-2)10-8-12(6-5-11)7-9-13;1-3-12-14(11,13-4-2)8-6-9-5-7-10;3-1-2-4;1-2;/h11H,3-4,6-10H2,1-2H3,(H2,18,20,21);11H,3-4,6-10H2,1-2H3,(H3,17,19,20,23);7H,2-6H2,(H2,20,21,22)(H3,13,15,16,19);13H,3-4,6-10H2,1-2H3;9-10H,3-8H2,1-2H3;1H2;1-2H3;1H4. The molecular weight excluding hydrogens is 1650 g/mol. The van der Waals surface area contributed by atoms with E-state index in [0.717, 1.165) is 0 Å². The SMILES string of the molecule is C.CC.CCOP(=O)(CCN(CC#N)CCO)OCC.CCOP(=O)(CCN(CC#N)CCn1cnc2c(=O)[nH]c(N)nc21)OCC.CCOP(=O)(CCN(CC#N)CCn1cnc2c(Cl)nc(N)nc21)OCC.CCOP(=O)(CCNCCO)OCC.N#CCCl.N#CCN(CCn1cnc2c(=O)[nH]c(N)nc21)CCP(=O)(O)O. The third kappa shape index (κ3) is 45.1. The van der Waals surface area contributed by atoms with E-state index in [1.54, 1.807) is 91.3 Å². The van der Waals surface area contributed by atoms with Crippen LogP contribution in [-0.2, 0) is 78.6 Å². The van der Waals surface area contributed by atoms with E-state index in [9.17, 15) is 32.4 Å². The highest BCUT2D eigenvalue weighted by atomic mass is 35.5. The zero-order valence-electron chi connectivity index (χ0n) is 66.2. The van der Waals surface area contributed by atoms with Gasteiger partial charge in [0.25, 0.3) is 11.1 Å². The predicted molar refractivity (Wildman–Crippen MR) is 439 cm³/mol. The van der Waals surface area contributed by atoms with Gasteiger partial charge in [0.1, 0.15) is 11.4 Å². The molecule has 0 aliphatic rings.